The van der Waals surface area contributed by atoms with E-state index in [-0.39, 0.29) is 0 Å². The number of rotatable bonds is 8. The molecule has 0 radical (unpaired) electrons. The second kappa shape index (κ2) is 15.8. The zero-order chi connectivity index (χ0) is 42.4. The van der Waals surface area contributed by atoms with Crippen LogP contribution in [0.4, 0.5) is 17.1 Å². The standard InChI is InChI=1S/C62H41NO/c1-5-18-42(19-6-1)48-38-49(43-20-7-2-8-21-43)40-51(39-48)63(58-30-17-29-56-54-27-15-16-31-59(54)64-62(56)58)50-35-32-44(33-36-50)47-34-37-53-52-26-13-14-28-55(52)60(45-22-9-3-10-23-45)61(57(53)41-47)46-24-11-4-12-25-46/h1-41H. The molecule has 0 aliphatic rings. The van der Waals surface area contributed by atoms with E-state index in [2.05, 4.69) is 248 Å². The first-order valence-electron chi connectivity index (χ1n) is 21.9. The molecule has 2 heteroatoms. The van der Waals surface area contributed by atoms with E-state index in [1.54, 1.807) is 0 Å². The van der Waals surface area contributed by atoms with Crippen molar-refractivity contribution in [2.75, 3.05) is 4.90 Å². The minimum absolute atomic E-state index is 0.851. The average Bonchev–Trinajstić information content (AvgIpc) is 3.77. The van der Waals surface area contributed by atoms with Gasteiger partial charge in [-0.3, -0.25) is 0 Å². The first-order valence-corrected chi connectivity index (χ1v) is 21.9. The maximum Gasteiger partial charge on any atom is 0.159 e. The van der Waals surface area contributed by atoms with Gasteiger partial charge in [-0.25, -0.2) is 0 Å². The van der Waals surface area contributed by atoms with Crippen molar-refractivity contribution in [1.82, 2.24) is 0 Å². The number of anilines is 3. The summed E-state index contributed by atoms with van der Waals surface area (Å²) in [5.74, 6) is 0. The largest absolute Gasteiger partial charge is 0.454 e. The number of hydrogen-bond donors (Lipinski definition) is 0. The Morgan fingerprint density at radius 2 is 0.719 bits per heavy atom. The van der Waals surface area contributed by atoms with Crippen LogP contribution in [0.15, 0.2) is 253 Å². The van der Waals surface area contributed by atoms with Crippen LogP contribution in [-0.4, -0.2) is 0 Å². The molecule has 12 aromatic rings. The minimum Gasteiger partial charge on any atom is -0.454 e. The lowest BCUT2D eigenvalue weighted by Crippen LogP contribution is -2.10. The van der Waals surface area contributed by atoms with Crippen molar-refractivity contribution in [2.45, 2.75) is 0 Å². The van der Waals surface area contributed by atoms with Crippen LogP contribution < -0.4 is 4.90 Å². The summed E-state index contributed by atoms with van der Waals surface area (Å²) in [6.07, 6.45) is 0. The molecule has 0 aliphatic carbocycles. The highest BCUT2D eigenvalue weighted by Crippen LogP contribution is 2.47. The minimum atomic E-state index is 0.851. The normalized spacial score (nSPS) is 11.4. The van der Waals surface area contributed by atoms with E-state index >= 15 is 0 Å². The zero-order valence-corrected chi connectivity index (χ0v) is 35.0. The smallest absolute Gasteiger partial charge is 0.159 e. The molecule has 0 atom stereocenters. The molecule has 0 bridgehead atoms. The molecular weight excluding hydrogens is 775 g/mol. The van der Waals surface area contributed by atoms with Crippen LogP contribution in [0.2, 0.25) is 0 Å². The Labute approximate surface area is 372 Å². The molecule has 12 rings (SSSR count). The third kappa shape index (κ3) is 6.52. The van der Waals surface area contributed by atoms with Gasteiger partial charge >= 0.3 is 0 Å². The highest BCUT2D eigenvalue weighted by atomic mass is 16.3. The first kappa shape index (κ1) is 37.3. The molecule has 11 aromatic carbocycles. The van der Waals surface area contributed by atoms with Crippen molar-refractivity contribution in [1.29, 1.82) is 0 Å². The van der Waals surface area contributed by atoms with Gasteiger partial charge < -0.3 is 9.32 Å². The third-order valence-corrected chi connectivity index (χ3v) is 12.6. The zero-order valence-electron chi connectivity index (χ0n) is 35.0. The predicted octanol–water partition coefficient (Wildman–Crippen LogP) is 17.7. The van der Waals surface area contributed by atoms with E-state index in [1.807, 2.05) is 6.07 Å². The van der Waals surface area contributed by atoms with Crippen molar-refractivity contribution >= 4 is 60.5 Å². The molecule has 1 aromatic heterocycles. The van der Waals surface area contributed by atoms with E-state index in [1.165, 1.54) is 43.8 Å². The maximum absolute atomic E-state index is 6.75. The Kier molecular flexibility index (Phi) is 9.20. The number of benzene rings is 11. The SMILES string of the molecule is c1ccc(-c2cc(-c3ccccc3)cc(N(c3ccc(-c4ccc5c(c4)c(-c4ccccc4)c(-c4ccccc4)c4ccccc45)cc3)c3cccc4c3oc3ccccc34)c2)cc1. The van der Waals surface area contributed by atoms with E-state index in [4.69, 9.17) is 4.42 Å². The Bertz CT molecular complexity index is 3570. The van der Waals surface area contributed by atoms with Crippen LogP contribution in [0.5, 0.6) is 0 Å². The van der Waals surface area contributed by atoms with Gasteiger partial charge in [0, 0.05) is 22.1 Å². The topological polar surface area (TPSA) is 16.4 Å². The van der Waals surface area contributed by atoms with Gasteiger partial charge in [-0.05, 0) is 126 Å². The summed E-state index contributed by atoms with van der Waals surface area (Å²) in [5, 5.41) is 7.17. The average molecular weight is 816 g/mol. The summed E-state index contributed by atoms with van der Waals surface area (Å²) in [6.45, 7) is 0. The van der Waals surface area contributed by atoms with Crippen LogP contribution in [0, 0.1) is 0 Å². The molecule has 0 saturated carbocycles. The first-order chi connectivity index (χ1) is 31.7. The summed E-state index contributed by atoms with van der Waals surface area (Å²) >= 11 is 0. The Hall–Kier alpha value is -8.46. The van der Waals surface area contributed by atoms with Gasteiger partial charge in [-0.2, -0.15) is 0 Å². The van der Waals surface area contributed by atoms with Crippen molar-refractivity contribution in [3.05, 3.63) is 249 Å². The summed E-state index contributed by atoms with van der Waals surface area (Å²) < 4.78 is 6.75. The third-order valence-electron chi connectivity index (χ3n) is 12.6. The Morgan fingerprint density at radius 3 is 1.34 bits per heavy atom. The number of hydrogen-bond acceptors (Lipinski definition) is 2. The van der Waals surface area contributed by atoms with E-state index < -0.39 is 0 Å². The van der Waals surface area contributed by atoms with Gasteiger partial charge in [0.25, 0.3) is 0 Å². The van der Waals surface area contributed by atoms with Gasteiger partial charge in [0.2, 0.25) is 0 Å². The summed E-state index contributed by atoms with van der Waals surface area (Å²) in [7, 11) is 0. The van der Waals surface area contributed by atoms with Gasteiger partial charge in [-0.1, -0.05) is 200 Å². The van der Waals surface area contributed by atoms with Gasteiger partial charge in [0.15, 0.2) is 5.58 Å². The molecule has 0 spiro atoms. The van der Waals surface area contributed by atoms with Crippen molar-refractivity contribution < 1.29 is 4.42 Å². The fraction of sp³-hybridized carbons (Fsp3) is 0. The van der Waals surface area contributed by atoms with Crippen LogP contribution in [0.1, 0.15) is 0 Å². The second-order valence-corrected chi connectivity index (χ2v) is 16.4. The molecule has 0 aliphatic heterocycles. The van der Waals surface area contributed by atoms with Crippen molar-refractivity contribution in [2.24, 2.45) is 0 Å². The van der Waals surface area contributed by atoms with E-state index in [9.17, 15) is 0 Å². The quantitative estimate of drug-likeness (QED) is 0.142. The molecule has 0 unspecified atom stereocenters. The Morgan fingerprint density at radius 1 is 0.250 bits per heavy atom. The van der Waals surface area contributed by atoms with Gasteiger partial charge in [-0.15, -0.1) is 0 Å². The monoisotopic (exact) mass is 815 g/mol. The van der Waals surface area contributed by atoms with Gasteiger partial charge in [0.1, 0.15) is 5.58 Å². The van der Waals surface area contributed by atoms with Crippen LogP contribution in [0.3, 0.4) is 0 Å². The van der Waals surface area contributed by atoms with Crippen molar-refractivity contribution in [3.63, 3.8) is 0 Å². The fourth-order valence-electron chi connectivity index (χ4n) is 9.65. The molecular formula is C62H41NO. The fourth-order valence-corrected chi connectivity index (χ4v) is 9.65. The number of nitrogens with zero attached hydrogens (tertiary/aromatic N) is 1. The molecule has 1 heterocycles. The lowest BCUT2D eigenvalue weighted by molar-refractivity contribution is 0.669. The number of furan rings is 1. The second-order valence-electron chi connectivity index (χ2n) is 16.4. The van der Waals surface area contributed by atoms with Crippen LogP contribution in [-0.2, 0) is 0 Å². The highest BCUT2D eigenvalue weighted by molar-refractivity contribution is 6.22. The molecule has 0 N–H and O–H groups in total. The molecule has 0 fully saturated rings. The lowest BCUT2D eigenvalue weighted by atomic mass is 9.84. The lowest BCUT2D eigenvalue weighted by Gasteiger charge is -2.27. The molecule has 0 amide bonds. The van der Waals surface area contributed by atoms with E-state index in [0.29, 0.717) is 0 Å². The van der Waals surface area contributed by atoms with Gasteiger partial charge in [0.05, 0.1) is 5.69 Å². The molecule has 2 nitrogen and oxygen atoms in total. The van der Waals surface area contributed by atoms with Crippen LogP contribution >= 0.6 is 0 Å². The highest BCUT2D eigenvalue weighted by Gasteiger charge is 2.22. The number of para-hydroxylation sites is 2. The maximum atomic E-state index is 6.75. The molecule has 64 heavy (non-hydrogen) atoms. The summed E-state index contributed by atoms with van der Waals surface area (Å²) in [6, 6.07) is 89.6. The summed E-state index contributed by atoms with van der Waals surface area (Å²) in [4.78, 5) is 2.36. The number of fused-ring (bicyclic) bond motifs is 6. The van der Waals surface area contributed by atoms with E-state index in [0.717, 1.165) is 72.4 Å². The molecule has 300 valence electrons. The summed E-state index contributed by atoms with van der Waals surface area (Å²) in [5.41, 5.74) is 16.6. The predicted molar refractivity (Wildman–Crippen MR) is 271 cm³/mol. The Balaban J connectivity index is 1.06. The van der Waals surface area contributed by atoms with Crippen LogP contribution in [0.25, 0.3) is 99.1 Å². The molecule has 0 saturated heterocycles. The van der Waals surface area contributed by atoms with Crippen molar-refractivity contribution in [3.8, 4) is 55.6 Å².